The highest BCUT2D eigenvalue weighted by Gasteiger charge is 2.05. The third kappa shape index (κ3) is 4.09. The molecule has 0 radical (unpaired) electrons. The molecule has 0 unspecified atom stereocenters. The van der Waals surface area contributed by atoms with E-state index in [0.29, 0.717) is 25.3 Å². The third-order valence-corrected chi connectivity index (χ3v) is 3.07. The molecular weight excluding hydrogens is 322 g/mol. The van der Waals surface area contributed by atoms with E-state index in [-0.39, 0.29) is 5.91 Å². The standard InChI is InChI=1S/C14H16BrN3O2/c1-2-20-13-5-3-11(4-6-13)14(19)16-7-8-18-10-12(15)9-17-18/h3-6,9-10H,2,7-8H2,1H3,(H,16,19). The fraction of sp³-hybridized carbons (Fsp3) is 0.286. The third-order valence-electron chi connectivity index (χ3n) is 2.66. The minimum Gasteiger partial charge on any atom is -0.494 e. The van der Waals surface area contributed by atoms with Crippen molar-refractivity contribution in [2.24, 2.45) is 0 Å². The molecule has 2 rings (SSSR count). The van der Waals surface area contributed by atoms with Crippen molar-refractivity contribution in [1.82, 2.24) is 15.1 Å². The summed E-state index contributed by atoms with van der Waals surface area (Å²) in [6.07, 6.45) is 3.58. The van der Waals surface area contributed by atoms with E-state index in [1.165, 1.54) is 0 Å². The molecule has 2 aromatic rings. The lowest BCUT2D eigenvalue weighted by atomic mass is 10.2. The van der Waals surface area contributed by atoms with Gasteiger partial charge in [0.2, 0.25) is 0 Å². The highest BCUT2D eigenvalue weighted by Crippen LogP contribution is 2.12. The minimum atomic E-state index is -0.0979. The lowest BCUT2D eigenvalue weighted by molar-refractivity contribution is 0.0952. The van der Waals surface area contributed by atoms with Gasteiger partial charge in [-0.15, -0.1) is 0 Å². The van der Waals surface area contributed by atoms with Gasteiger partial charge in [-0.1, -0.05) is 0 Å². The highest BCUT2D eigenvalue weighted by molar-refractivity contribution is 9.10. The Labute approximate surface area is 126 Å². The predicted octanol–water partition coefficient (Wildman–Crippen LogP) is 2.47. The monoisotopic (exact) mass is 337 g/mol. The zero-order valence-corrected chi connectivity index (χ0v) is 12.8. The van der Waals surface area contributed by atoms with Gasteiger partial charge in [0.15, 0.2) is 0 Å². The van der Waals surface area contributed by atoms with Gasteiger partial charge in [0, 0.05) is 18.3 Å². The van der Waals surface area contributed by atoms with Crippen molar-refractivity contribution in [2.45, 2.75) is 13.5 Å². The first-order valence-corrected chi connectivity index (χ1v) is 7.17. The maximum atomic E-state index is 11.9. The second-order valence-corrected chi connectivity index (χ2v) is 5.05. The van der Waals surface area contributed by atoms with Crippen molar-refractivity contribution in [3.63, 3.8) is 0 Å². The fourth-order valence-electron chi connectivity index (χ4n) is 1.72. The Bertz CT molecular complexity index is 566. The summed E-state index contributed by atoms with van der Waals surface area (Å²) in [7, 11) is 0. The lowest BCUT2D eigenvalue weighted by Gasteiger charge is -2.07. The number of ether oxygens (including phenoxy) is 1. The van der Waals surface area contributed by atoms with E-state index >= 15 is 0 Å². The van der Waals surface area contributed by atoms with E-state index in [0.717, 1.165) is 10.2 Å². The summed E-state index contributed by atoms with van der Waals surface area (Å²) >= 11 is 3.33. The van der Waals surface area contributed by atoms with Crippen molar-refractivity contribution in [2.75, 3.05) is 13.2 Å². The molecule has 0 aliphatic rings. The van der Waals surface area contributed by atoms with Crippen LogP contribution in [0.15, 0.2) is 41.1 Å². The Morgan fingerprint density at radius 2 is 2.15 bits per heavy atom. The van der Waals surface area contributed by atoms with Crippen LogP contribution in [0.5, 0.6) is 5.75 Å². The molecule has 1 N–H and O–H groups in total. The predicted molar refractivity (Wildman–Crippen MR) is 79.9 cm³/mol. The average molecular weight is 338 g/mol. The van der Waals surface area contributed by atoms with E-state index in [1.807, 2.05) is 13.1 Å². The second kappa shape index (κ2) is 7.09. The number of carbonyl (C=O) groups is 1. The zero-order valence-electron chi connectivity index (χ0n) is 11.2. The van der Waals surface area contributed by atoms with Crippen molar-refractivity contribution in [3.05, 3.63) is 46.7 Å². The van der Waals surface area contributed by atoms with E-state index in [4.69, 9.17) is 4.74 Å². The molecular formula is C14H16BrN3O2. The van der Waals surface area contributed by atoms with Gasteiger partial charge < -0.3 is 10.1 Å². The molecule has 1 aromatic carbocycles. The molecule has 1 aromatic heterocycles. The number of rotatable bonds is 6. The summed E-state index contributed by atoms with van der Waals surface area (Å²) in [6, 6.07) is 7.10. The number of aromatic nitrogens is 2. The molecule has 1 heterocycles. The van der Waals surface area contributed by atoms with Crippen LogP contribution in [0.3, 0.4) is 0 Å². The van der Waals surface area contributed by atoms with Crippen molar-refractivity contribution >= 4 is 21.8 Å². The summed E-state index contributed by atoms with van der Waals surface area (Å²) in [5.41, 5.74) is 0.620. The molecule has 0 spiro atoms. The zero-order chi connectivity index (χ0) is 14.4. The Hall–Kier alpha value is -1.82. The van der Waals surface area contributed by atoms with Gasteiger partial charge in [0.05, 0.1) is 23.8 Å². The average Bonchev–Trinajstić information content (AvgIpc) is 2.85. The Morgan fingerprint density at radius 3 is 2.75 bits per heavy atom. The first-order chi connectivity index (χ1) is 9.69. The molecule has 20 heavy (non-hydrogen) atoms. The largest absolute Gasteiger partial charge is 0.494 e. The van der Waals surface area contributed by atoms with Crippen LogP contribution in [0.1, 0.15) is 17.3 Å². The normalized spacial score (nSPS) is 10.3. The van der Waals surface area contributed by atoms with Crippen LogP contribution in [0.25, 0.3) is 0 Å². The molecule has 0 saturated carbocycles. The number of hydrogen-bond acceptors (Lipinski definition) is 3. The Morgan fingerprint density at radius 1 is 1.40 bits per heavy atom. The topological polar surface area (TPSA) is 56.1 Å². The number of hydrogen-bond donors (Lipinski definition) is 1. The smallest absolute Gasteiger partial charge is 0.251 e. The summed E-state index contributed by atoms with van der Waals surface area (Å²) in [4.78, 5) is 11.9. The molecule has 0 aliphatic heterocycles. The van der Waals surface area contributed by atoms with Gasteiger partial charge in [0.1, 0.15) is 5.75 Å². The summed E-state index contributed by atoms with van der Waals surface area (Å²) < 4.78 is 8.03. The van der Waals surface area contributed by atoms with Crippen LogP contribution in [0.4, 0.5) is 0 Å². The molecule has 106 valence electrons. The molecule has 0 atom stereocenters. The molecule has 0 saturated heterocycles. The number of nitrogens with one attached hydrogen (secondary N) is 1. The highest BCUT2D eigenvalue weighted by atomic mass is 79.9. The van der Waals surface area contributed by atoms with Crippen LogP contribution in [0, 0.1) is 0 Å². The number of nitrogens with zero attached hydrogens (tertiary/aromatic N) is 2. The van der Waals surface area contributed by atoms with E-state index < -0.39 is 0 Å². The first kappa shape index (κ1) is 14.6. The van der Waals surface area contributed by atoms with Crippen molar-refractivity contribution in [1.29, 1.82) is 0 Å². The Kier molecular flexibility index (Phi) is 5.17. The van der Waals surface area contributed by atoms with Gasteiger partial charge >= 0.3 is 0 Å². The summed E-state index contributed by atoms with van der Waals surface area (Å²) in [5.74, 6) is 0.671. The molecule has 5 nitrogen and oxygen atoms in total. The number of carbonyl (C=O) groups excluding carboxylic acids is 1. The minimum absolute atomic E-state index is 0.0979. The van der Waals surface area contributed by atoms with Crippen molar-refractivity contribution < 1.29 is 9.53 Å². The molecule has 6 heteroatoms. The summed E-state index contributed by atoms with van der Waals surface area (Å²) in [6.45, 7) is 3.70. The quantitative estimate of drug-likeness (QED) is 0.880. The number of benzene rings is 1. The molecule has 1 amide bonds. The van der Waals surface area contributed by atoms with E-state index in [2.05, 4.69) is 26.3 Å². The lowest BCUT2D eigenvalue weighted by Crippen LogP contribution is -2.27. The van der Waals surface area contributed by atoms with E-state index in [1.54, 1.807) is 35.1 Å². The van der Waals surface area contributed by atoms with Crippen LogP contribution >= 0.6 is 15.9 Å². The van der Waals surface area contributed by atoms with Crippen LogP contribution in [-0.4, -0.2) is 28.8 Å². The Balaban J connectivity index is 1.82. The van der Waals surface area contributed by atoms with Gasteiger partial charge in [0.25, 0.3) is 5.91 Å². The number of amides is 1. The summed E-state index contributed by atoms with van der Waals surface area (Å²) in [5, 5.41) is 6.97. The van der Waals surface area contributed by atoms with Crippen LogP contribution < -0.4 is 10.1 Å². The van der Waals surface area contributed by atoms with Crippen LogP contribution in [-0.2, 0) is 6.54 Å². The molecule has 0 aliphatic carbocycles. The second-order valence-electron chi connectivity index (χ2n) is 4.13. The molecule has 0 bridgehead atoms. The maximum absolute atomic E-state index is 11.9. The molecule has 0 fully saturated rings. The number of halogens is 1. The first-order valence-electron chi connectivity index (χ1n) is 6.38. The van der Waals surface area contributed by atoms with Crippen molar-refractivity contribution in [3.8, 4) is 5.75 Å². The van der Waals surface area contributed by atoms with Crippen LogP contribution in [0.2, 0.25) is 0 Å². The van der Waals surface area contributed by atoms with Gasteiger partial charge in [-0.2, -0.15) is 5.10 Å². The SMILES string of the molecule is CCOc1ccc(C(=O)NCCn2cc(Br)cn2)cc1. The van der Waals surface area contributed by atoms with Gasteiger partial charge in [-0.05, 0) is 47.1 Å². The van der Waals surface area contributed by atoms with E-state index in [9.17, 15) is 4.79 Å². The maximum Gasteiger partial charge on any atom is 0.251 e. The van der Waals surface area contributed by atoms with Gasteiger partial charge in [-0.3, -0.25) is 9.48 Å². The van der Waals surface area contributed by atoms with Gasteiger partial charge in [-0.25, -0.2) is 0 Å². The fourth-order valence-corrected chi connectivity index (χ4v) is 2.04.